The summed E-state index contributed by atoms with van der Waals surface area (Å²) in [5.41, 5.74) is 0.459. The normalized spacial score (nSPS) is 12.2. The SMILES string of the molecule is CC(C)c1cc(CCl)ccc1C(F)(F)F. The fourth-order valence-electron chi connectivity index (χ4n) is 1.43. The molecule has 0 aliphatic rings. The highest BCUT2D eigenvalue weighted by Gasteiger charge is 2.33. The Morgan fingerprint density at radius 2 is 1.87 bits per heavy atom. The molecule has 0 unspecified atom stereocenters. The molecule has 0 atom stereocenters. The van der Waals surface area contributed by atoms with E-state index in [1.807, 2.05) is 0 Å². The average Bonchev–Trinajstić information content (AvgIpc) is 2.15. The van der Waals surface area contributed by atoms with E-state index in [9.17, 15) is 13.2 Å². The number of halogens is 4. The van der Waals surface area contributed by atoms with Gasteiger partial charge in [-0.2, -0.15) is 13.2 Å². The van der Waals surface area contributed by atoms with Crippen LogP contribution in [0, 0.1) is 0 Å². The minimum Gasteiger partial charge on any atom is -0.166 e. The molecule has 0 saturated heterocycles. The number of rotatable bonds is 2. The lowest BCUT2D eigenvalue weighted by atomic mass is 9.95. The zero-order valence-electron chi connectivity index (χ0n) is 8.53. The fourth-order valence-corrected chi connectivity index (χ4v) is 1.60. The fraction of sp³-hybridized carbons (Fsp3) is 0.455. The summed E-state index contributed by atoms with van der Waals surface area (Å²) in [7, 11) is 0. The molecule has 0 heterocycles. The number of alkyl halides is 4. The molecule has 15 heavy (non-hydrogen) atoms. The predicted molar refractivity (Wildman–Crippen MR) is 55.1 cm³/mol. The third-order valence-electron chi connectivity index (χ3n) is 2.20. The second-order valence-electron chi connectivity index (χ2n) is 3.71. The maximum absolute atomic E-state index is 12.6. The summed E-state index contributed by atoms with van der Waals surface area (Å²) < 4.78 is 37.8. The largest absolute Gasteiger partial charge is 0.416 e. The smallest absolute Gasteiger partial charge is 0.166 e. The van der Waals surface area contributed by atoms with E-state index in [2.05, 4.69) is 0 Å². The zero-order chi connectivity index (χ0) is 11.6. The van der Waals surface area contributed by atoms with Crippen molar-refractivity contribution in [2.75, 3.05) is 0 Å². The molecular weight excluding hydrogens is 225 g/mol. The van der Waals surface area contributed by atoms with E-state index >= 15 is 0 Å². The van der Waals surface area contributed by atoms with Crippen molar-refractivity contribution in [1.29, 1.82) is 0 Å². The summed E-state index contributed by atoms with van der Waals surface area (Å²) in [6.45, 7) is 3.48. The van der Waals surface area contributed by atoms with Gasteiger partial charge in [-0.15, -0.1) is 11.6 Å². The highest BCUT2D eigenvalue weighted by atomic mass is 35.5. The molecule has 0 radical (unpaired) electrons. The van der Waals surface area contributed by atoms with Crippen LogP contribution in [0.15, 0.2) is 18.2 Å². The van der Waals surface area contributed by atoms with Gasteiger partial charge in [0.05, 0.1) is 5.56 Å². The van der Waals surface area contributed by atoms with Crippen molar-refractivity contribution in [1.82, 2.24) is 0 Å². The van der Waals surface area contributed by atoms with Crippen LogP contribution >= 0.6 is 11.6 Å². The molecule has 0 aliphatic heterocycles. The highest BCUT2D eigenvalue weighted by molar-refractivity contribution is 6.17. The van der Waals surface area contributed by atoms with Crippen molar-refractivity contribution in [2.24, 2.45) is 0 Å². The van der Waals surface area contributed by atoms with Crippen molar-refractivity contribution in [2.45, 2.75) is 31.8 Å². The molecule has 0 N–H and O–H groups in total. The first-order valence-corrected chi connectivity index (χ1v) is 5.15. The zero-order valence-corrected chi connectivity index (χ0v) is 9.28. The monoisotopic (exact) mass is 236 g/mol. The van der Waals surface area contributed by atoms with E-state index < -0.39 is 11.7 Å². The minimum atomic E-state index is -4.29. The van der Waals surface area contributed by atoms with Gasteiger partial charge in [-0.25, -0.2) is 0 Å². The Kier molecular flexibility index (Phi) is 3.66. The quantitative estimate of drug-likeness (QED) is 0.660. The Labute approximate surface area is 92.1 Å². The van der Waals surface area contributed by atoms with Crippen LogP contribution in [0.25, 0.3) is 0 Å². The number of hydrogen-bond donors (Lipinski definition) is 0. The minimum absolute atomic E-state index is 0.162. The Bertz CT molecular complexity index is 342. The summed E-state index contributed by atoms with van der Waals surface area (Å²) in [5.74, 6) is 0.0718. The molecule has 0 saturated carbocycles. The van der Waals surface area contributed by atoms with Crippen LogP contribution in [-0.2, 0) is 12.1 Å². The van der Waals surface area contributed by atoms with E-state index in [0.717, 1.165) is 6.07 Å². The Hall–Kier alpha value is -0.700. The molecule has 0 nitrogen and oxygen atoms in total. The summed E-state index contributed by atoms with van der Waals surface area (Å²) in [4.78, 5) is 0. The molecule has 4 heteroatoms. The summed E-state index contributed by atoms with van der Waals surface area (Å²) in [6.07, 6.45) is -4.29. The molecule has 0 spiro atoms. The third kappa shape index (κ3) is 2.88. The van der Waals surface area contributed by atoms with Gasteiger partial charge in [-0.1, -0.05) is 26.0 Å². The Morgan fingerprint density at radius 3 is 2.27 bits per heavy atom. The number of benzene rings is 1. The van der Waals surface area contributed by atoms with Crippen LogP contribution in [0.4, 0.5) is 13.2 Å². The lowest BCUT2D eigenvalue weighted by Gasteiger charge is -2.16. The van der Waals surface area contributed by atoms with E-state index in [1.54, 1.807) is 13.8 Å². The lowest BCUT2D eigenvalue weighted by molar-refractivity contribution is -0.138. The molecule has 84 valence electrons. The predicted octanol–water partition coefficient (Wildman–Crippen LogP) is 4.57. The molecule has 0 aliphatic carbocycles. The van der Waals surface area contributed by atoms with E-state index in [-0.39, 0.29) is 11.8 Å². The first-order valence-electron chi connectivity index (χ1n) is 4.62. The Morgan fingerprint density at radius 1 is 1.27 bits per heavy atom. The topological polar surface area (TPSA) is 0 Å². The van der Waals surface area contributed by atoms with E-state index in [1.165, 1.54) is 12.1 Å². The van der Waals surface area contributed by atoms with Crippen LogP contribution in [0.3, 0.4) is 0 Å². The van der Waals surface area contributed by atoms with E-state index in [4.69, 9.17) is 11.6 Å². The first kappa shape index (κ1) is 12.4. The van der Waals surface area contributed by atoms with Crippen molar-refractivity contribution < 1.29 is 13.2 Å². The van der Waals surface area contributed by atoms with Crippen LogP contribution in [0.1, 0.15) is 36.5 Å². The van der Waals surface area contributed by atoms with Gasteiger partial charge >= 0.3 is 6.18 Å². The number of hydrogen-bond acceptors (Lipinski definition) is 0. The van der Waals surface area contributed by atoms with Crippen molar-refractivity contribution in [3.63, 3.8) is 0 Å². The standard InChI is InChI=1S/C11H12ClF3/c1-7(2)9-5-8(6-12)3-4-10(9)11(13,14)15/h3-5,7H,6H2,1-2H3. The molecule has 1 aromatic carbocycles. The second-order valence-corrected chi connectivity index (χ2v) is 3.97. The highest BCUT2D eigenvalue weighted by Crippen LogP contribution is 2.35. The second kappa shape index (κ2) is 4.44. The van der Waals surface area contributed by atoms with Crippen LogP contribution < -0.4 is 0 Å². The third-order valence-corrected chi connectivity index (χ3v) is 2.51. The Balaban J connectivity index is 3.28. The molecular formula is C11H12ClF3. The summed E-state index contributed by atoms with van der Waals surface area (Å²) in [5, 5.41) is 0. The van der Waals surface area contributed by atoms with Gasteiger partial charge in [0.15, 0.2) is 0 Å². The summed E-state index contributed by atoms with van der Waals surface area (Å²) in [6, 6.07) is 4.05. The average molecular weight is 237 g/mol. The summed E-state index contributed by atoms with van der Waals surface area (Å²) >= 11 is 5.59. The molecule has 1 rings (SSSR count). The molecule has 1 aromatic rings. The molecule has 0 aromatic heterocycles. The van der Waals surface area contributed by atoms with Gasteiger partial charge in [0.25, 0.3) is 0 Å². The van der Waals surface area contributed by atoms with E-state index in [0.29, 0.717) is 11.1 Å². The maximum atomic E-state index is 12.6. The maximum Gasteiger partial charge on any atom is 0.416 e. The molecule has 0 amide bonds. The van der Waals surface area contributed by atoms with Crippen LogP contribution in [-0.4, -0.2) is 0 Å². The van der Waals surface area contributed by atoms with Gasteiger partial charge in [0, 0.05) is 5.88 Å². The van der Waals surface area contributed by atoms with Crippen LogP contribution in [0.2, 0.25) is 0 Å². The van der Waals surface area contributed by atoms with Gasteiger partial charge < -0.3 is 0 Å². The van der Waals surface area contributed by atoms with Gasteiger partial charge in [0.1, 0.15) is 0 Å². The van der Waals surface area contributed by atoms with Crippen molar-refractivity contribution in [3.05, 3.63) is 34.9 Å². The van der Waals surface area contributed by atoms with Crippen molar-refractivity contribution in [3.8, 4) is 0 Å². The molecule has 0 bridgehead atoms. The van der Waals surface area contributed by atoms with Gasteiger partial charge in [0.2, 0.25) is 0 Å². The lowest BCUT2D eigenvalue weighted by Crippen LogP contribution is -2.10. The van der Waals surface area contributed by atoms with Gasteiger partial charge in [-0.05, 0) is 23.1 Å². The van der Waals surface area contributed by atoms with Crippen LogP contribution in [0.5, 0.6) is 0 Å². The molecule has 0 fully saturated rings. The first-order chi connectivity index (χ1) is 6.86. The van der Waals surface area contributed by atoms with Gasteiger partial charge in [-0.3, -0.25) is 0 Å². The van der Waals surface area contributed by atoms with Crippen molar-refractivity contribution >= 4 is 11.6 Å².